The molecule has 0 atom stereocenters. The van der Waals surface area contributed by atoms with E-state index >= 15 is 0 Å². The predicted molar refractivity (Wildman–Crippen MR) is 63.0 cm³/mol. The van der Waals surface area contributed by atoms with E-state index in [9.17, 15) is 4.79 Å². The zero-order chi connectivity index (χ0) is 12.0. The molecule has 0 fully saturated rings. The third-order valence-corrected chi connectivity index (χ3v) is 2.02. The van der Waals surface area contributed by atoms with Gasteiger partial charge in [-0.1, -0.05) is 12.1 Å². The lowest BCUT2D eigenvalue weighted by Gasteiger charge is -2.08. The van der Waals surface area contributed by atoms with Crippen LogP contribution in [-0.2, 0) is 10.6 Å². The van der Waals surface area contributed by atoms with Gasteiger partial charge in [-0.25, -0.2) is 4.79 Å². The summed E-state index contributed by atoms with van der Waals surface area (Å²) < 4.78 is 14.0. The fourth-order valence-corrected chi connectivity index (χ4v) is 1.24. The molecule has 86 valence electrons. The van der Waals surface area contributed by atoms with Gasteiger partial charge < -0.3 is 13.7 Å². The molecular formula is C11H12O4S. The molecule has 0 saturated carbocycles. The average molecular weight is 240 g/mol. The minimum absolute atomic E-state index is 0.286. The molecule has 0 heterocycles. The van der Waals surface area contributed by atoms with E-state index < -0.39 is 6.16 Å². The Hall–Kier alpha value is -1.62. The van der Waals surface area contributed by atoms with E-state index in [1.165, 1.54) is 7.11 Å². The van der Waals surface area contributed by atoms with Crippen molar-refractivity contribution >= 4 is 19.1 Å². The maximum absolute atomic E-state index is 10.9. The Labute approximate surface area is 99.4 Å². The predicted octanol–water partition coefficient (Wildman–Crippen LogP) is 2.78. The van der Waals surface area contributed by atoms with Crippen LogP contribution < -0.4 is 9.47 Å². The van der Waals surface area contributed by atoms with E-state index in [-0.39, 0.29) is 5.75 Å². The first-order chi connectivity index (χ1) is 7.71. The quantitative estimate of drug-likeness (QED) is 0.289. The lowest BCUT2D eigenvalue weighted by Crippen LogP contribution is -2.06. The summed E-state index contributed by atoms with van der Waals surface area (Å²) in [6, 6.07) is 5.20. The van der Waals surface area contributed by atoms with Gasteiger partial charge in [-0.05, 0) is 24.1 Å². The zero-order valence-electron chi connectivity index (χ0n) is 8.80. The summed E-state index contributed by atoms with van der Waals surface area (Å²) in [7, 11) is 1.49. The van der Waals surface area contributed by atoms with Crippen LogP contribution in [-0.4, -0.2) is 13.3 Å². The molecule has 0 aliphatic heterocycles. The number of rotatable bonds is 4. The maximum atomic E-state index is 10.9. The number of ether oxygens (including phenoxy) is 2. The highest BCUT2D eigenvalue weighted by Crippen LogP contribution is 2.28. The van der Waals surface area contributed by atoms with Gasteiger partial charge in [0.15, 0.2) is 11.5 Å². The van der Waals surface area contributed by atoms with E-state index in [0.29, 0.717) is 12.2 Å². The lowest BCUT2D eigenvalue weighted by molar-refractivity contribution is 0.159. The number of carbonyl (C=O) groups is 1. The molecule has 0 spiro atoms. The van der Waals surface area contributed by atoms with E-state index in [1.807, 2.05) is 6.07 Å². The fourth-order valence-electron chi connectivity index (χ4n) is 1.20. The average Bonchev–Trinajstić information content (AvgIpc) is 2.31. The molecule has 1 aromatic carbocycles. The van der Waals surface area contributed by atoms with E-state index in [4.69, 9.17) is 9.47 Å². The summed E-state index contributed by atoms with van der Waals surface area (Å²) in [6.07, 6.45) is 1.59. The first-order valence-corrected chi connectivity index (χ1v) is 4.88. The van der Waals surface area contributed by atoms with Gasteiger partial charge in [0.05, 0.1) is 7.11 Å². The highest BCUT2D eigenvalue weighted by molar-refractivity contribution is 7.75. The van der Waals surface area contributed by atoms with Crippen molar-refractivity contribution in [3.63, 3.8) is 0 Å². The largest absolute Gasteiger partial charge is 0.526 e. The molecule has 4 nitrogen and oxygen atoms in total. The standard InChI is InChI=1S/C11H12O4S/c1-3-4-8-5-6-9(10(7-8)13-2)14-11(12)15-16/h3,5-7,16H,1,4H2,2H3. The second-order valence-electron chi connectivity index (χ2n) is 2.92. The third kappa shape index (κ3) is 3.20. The van der Waals surface area contributed by atoms with Gasteiger partial charge in [0.1, 0.15) is 0 Å². The molecule has 0 N–H and O–H groups in total. The van der Waals surface area contributed by atoms with Gasteiger partial charge >= 0.3 is 6.16 Å². The van der Waals surface area contributed by atoms with Crippen molar-refractivity contribution in [1.29, 1.82) is 0 Å². The normalized spacial score (nSPS) is 9.38. The number of benzene rings is 1. The van der Waals surface area contributed by atoms with Crippen LogP contribution in [0.25, 0.3) is 0 Å². The highest BCUT2D eigenvalue weighted by atomic mass is 32.1. The Morgan fingerprint density at radius 1 is 1.50 bits per heavy atom. The van der Waals surface area contributed by atoms with E-state index in [0.717, 1.165) is 5.56 Å². The van der Waals surface area contributed by atoms with Crippen LogP contribution in [0.5, 0.6) is 11.5 Å². The Morgan fingerprint density at radius 2 is 2.25 bits per heavy atom. The van der Waals surface area contributed by atoms with Crippen molar-refractivity contribution in [2.75, 3.05) is 7.11 Å². The highest BCUT2D eigenvalue weighted by Gasteiger charge is 2.10. The van der Waals surface area contributed by atoms with E-state index in [1.54, 1.807) is 18.2 Å². The molecule has 5 heteroatoms. The molecular weight excluding hydrogens is 228 g/mol. The Balaban J connectivity index is 2.92. The van der Waals surface area contributed by atoms with Crippen LogP contribution in [0.2, 0.25) is 0 Å². The second-order valence-corrected chi connectivity index (χ2v) is 3.10. The molecule has 0 unspecified atom stereocenters. The third-order valence-electron chi connectivity index (χ3n) is 1.88. The Morgan fingerprint density at radius 3 is 2.81 bits per heavy atom. The van der Waals surface area contributed by atoms with Crippen LogP contribution in [0.4, 0.5) is 4.79 Å². The van der Waals surface area contributed by atoms with Gasteiger partial charge in [-0.2, -0.15) is 0 Å². The van der Waals surface area contributed by atoms with Crippen LogP contribution in [0, 0.1) is 0 Å². The minimum atomic E-state index is -0.905. The number of allylic oxidation sites excluding steroid dienone is 1. The summed E-state index contributed by atoms with van der Waals surface area (Å²) in [4.78, 5) is 10.9. The summed E-state index contributed by atoms with van der Waals surface area (Å²) in [6.45, 7) is 3.64. The number of thiol groups is 1. The molecule has 0 amide bonds. The maximum Gasteiger partial charge on any atom is 0.526 e. The molecule has 0 aliphatic rings. The zero-order valence-corrected chi connectivity index (χ0v) is 9.70. The summed E-state index contributed by atoms with van der Waals surface area (Å²) in [5.74, 6) is 0.743. The molecule has 0 aliphatic carbocycles. The Bertz CT molecular complexity index is 390. The molecule has 0 aromatic heterocycles. The lowest BCUT2D eigenvalue weighted by atomic mass is 10.1. The van der Waals surface area contributed by atoms with E-state index in [2.05, 4.69) is 23.7 Å². The van der Waals surface area contributed by atoms with Crippen molar-refractivity contribution in [2.24, 2.45) is 0 Å². The second kappa shape index (κ2) is 6.07. The fraction of sp³-hybridized carbons (Fsp3) is 0.182. The molecule has 0 radical (unpaired) electrons. The van der Waals surface area contributed by atoms with Crippen LogP contribution in [0.1, 0.15) is 5.56 Å². The number of hydrogen-bond donors (Lipinski definition) is 1. The van der Waals surface area contributed by atoms with Crippen LogP contribution >= 0.6 is 12.9 Å². The van der Waals surface area contributed by atoms with Crippen molar-refractivity contribution in [3.8, 4) is 11.5 Å². The summed E-state index contributed by atoms with van der Waals surface area (Å²) >= 11 is 3.33. The monoisotopic (exact) mass is 240 g/mol. The van der Waals surface area contributed by atoms with Crippen LogP contribution in [0.15, 0.2) is 30.9 Å². The number of methoxy groups -OCH3 is 1. The SMILES string of the molecule is C=CCc1ccc(OC(=O)OS)c(OC)c1. The van der Waals surface area contributed by atoms with Crippen molar-refractivity contribution in [3.05, 3.63) is 36.4 Å². The van der Waals surface area contributed by atoms with Crippen LogP contribution in [0.3, 0.4) is 0 Å². The number of hydrogen-bond acceptors (Lipinski definition) is 5. The molecule has 0 bridgehead atoms. The van der Waals surface area contributed by atoms with Gasteiger partial charge in [-0.15, -0.1) is 6.58 Å². The minimum Gasteiger partial charge on any atom is -0.493 e. The van der Waals surface area contributed by atoms with Gasteiger partial charge in [-0.3, -0.25) is 0 Å². The molecule has 16 heavy (non-hydrogen) atoms. The smallest absolute Gasteiger partial charge is 0.493 e. The summed E-state index contributed by atoms with van der Waals surface area (Å²) in [5.41, 5.74) is 1.01. The molecule has 1 aromatic rings. The number of carbonyl (C=O) groups excluding carboxylic acids is 1. The first kappa shape index (κ1) is 12.4. The topological polar surface area (TPSA) is 44.8 Å². The van der Waals surface area contributed by atoms with Gasteiger partial charge in [0.25, 0.3) is 0 Å². The summed E-state index contributed by atoms with van der Waals surface area (Å²) in [5, 5.41) is 0. The molecule has 0 saturated heterocycles. The van der Waals surface area contributed by atoms with Crippen molar-refractivity contribution in [1.82, 2.24) is 0 Å². The van der Waals surface area contributed by atoms with Crippen molar-refractivity contribution in [2.45, 2.75) is 6.42 Å². The molecule has 1 rings (SSSR count). The van der Waals surface area contributed by atoms with Crippen molar-refractivity contribution < 1.29 is 18.5 Å². The first-order valence-electron chi connectivity index (χ1n) is 4.52. The van der Waals surface area contributed by atoms with Gasteiger partial charge in [0.2, 0.25) is 0 Å². The Kier molecular flexibility index (Phi) is 4.72. The van der Waals surface area contributed by atoms with Gasteiger partial charge in [0, 0.05) is 12.9 Å².